The second kappa shape index (κ2) is 5.02. The van der Waals surface area contributed by atoms with Crippen molar-refractivity contribution in [3.8, 4) is 0 Å². The summed E-state index contributed by atoms with van der Waals surface area (Å²) in [6, 6.07) is 6.69. The van der Waals surface area contributed by atoms with E-state index in [0.29, 0.717) is 23.7 Å². The fourth-order valence-corrected chi connectivity index (χ4v) is 1.35. The summed E-state index contributed by atoms with van der Waals surface area (Å²) in [6.45, 7) is 0.348. The van der Waals surface area contributed by atoms with Gasteiger partial charge in [-0.1, -0.05) is 6.07 Å². The van der Waals surface area contributed by atoms with Crippen LogP contribution in [-0.4, -0.2) is 16.0 Å². The Labute approximate surface area is 98.2 Å². The van der Waals surface area contributed by atoms with Crippen molar-refractivity contribution in [2.75, 3.05) is 11.1 Å². The minimum atomic E-state index is -0.299. The number of anilines is 2. The lowest BCUT2D eigenvalue weighted by Gasteiger charge is -2.06. The topological polar surface area (TPSA) is 95.8 Å². The predicted octanol–water partition coefficient (Wildman–Crippen LogP) is 1.31. The van der Waals surface area contributed by atoms with Crippen LogP contribution in [0.5, 0.6) is 0 Å². The van der Waals surface area contributed by atoms with Crippen molar-refractivity contribution >= 4 is 17.4 Å². The number of aromatic amines is 1. The zero-order valence-electron chi connectivity index (χ0n) is 9.10. The average molecular weight is 231 g/mol. The van der Waals surface area contributed by atoms with E-state index < -0.39 is 0 Å². The van der Waals surface area contributed by atoms with Crippen molar-refractivity contribution in [2.45, 2.75) is 6.54 Å². The number of amides is 2. The normalized spacial score (nSPS) is 9.88. The van der Waals surface area contributed by atoms with Crippen molar-refractivity contribution in [3.05, 3.63) is 42.5 Å². The first-order valence-electron chi connectivity index (χ1n) is 5.13. The van der Waals surface area contributed by atoms with Gasteiger partial charge >= 0.3 is 6.03 Å². The Bertz CT molecular complexity index is 494. The summed E-state index contributed by atoms with van der Waals surface area (Å²) in [5, 5.41) is 5.34. The number of nitrogen functional groups attached to an aromatic ring is 1. The smallest absolute Gasteiger partial charge is 0.319 e. The quantitative estimate of drug-likeness (QED) is 0.600. The maximum Gasteiger partial charge on any atom is 0.319 e. The summed E-state index contributed by atoms with van der Waals surface area (Å²) in [4.78, 5) is 18.4. The van der Waals surface area contributed by atoms with Gasteiger partial charge in [0.15, 0.2) is 0 Å². The largest absolute Gasteiger partial charge is 0.399 e. The first-order chi connectivity index (χ1) is 8.24. The third-order valence-electron chi connectivity index (χ3n) is 2.12. The molecule has 0 bridgehead atoms. The number of carbonyl (C=O) groups excluding carboxylic acids is 1. The number of rotatable bonds is 3. The molecule has 2 amide bonds. The van der Waals surface area contributed by atoms with Gasteiger partial charge in [0.1, 0.15) is 5.82 Å². The molecule has 0 radical (unpaired) electrons. The highest BCUT2D eigenvalue weighted by molar-refractivity contribution is 5.89. The molecule has 0 unspecified atom stereocenters. The minimum Gasteiger partial charge on any atom is -0.399 e. The van der Waals surface area contributed by atoms with Crippen LogP contribution in [0.15, 0.2) is 36.7 Å². The number of benzene rings is 1. The summed E-state index contributed by atoms with van der Waals surface area (Å²) in [7, 11) is 0. The van der Waals surface area contributed by atoms with Crippen LogP contribution >= 0.6 is 0 Å². The number of imidazole rings is 1. The molecule has 6 heteroatoms. The Morgan fingerprint density at radius 3 is 3.06 bits per heavy atom. The molecule has 88 valence electrons. The molecule has 0 aliphatic rings. The first-order valence-corrected chi connectivity index (χ1v) is 5.13. The SMILES string of the molecule is Nc1cccc(NC(=O)NCc2ncc[nH]2)c1. The highest BCUT2D eigenvalue weighted by Gasteiger charge is 2.02. The maximum absolute atomic E-state index is 11.5. The number of hydrogen-bond donors (Lipinski definition) is 4. The Morgan fingerprint density at radius 2 is 2.35 bits per heavy atom. The van der Waals surface area contributed by atoms with E-state index in [1.165, 1.54) is 0 Å². The third kappa shape index (κ3) is 3.23. The molecule has 0 spiro atoms. The zero-order chi connectivity index (χ0) is 12.1. The number of nitrogens with zero attached hydrogens (tertiary/aromatic N) is 1. The molecule has 5 N–H and O–H groups in total. The summed E-state index contributed by atoms with van der Waals surface area (Å²) in [5.74, 6) is 0.702. The van der Waals surface area contributed by atoms with Crippen LogP contribution in [-0.2, 0) is 6.54 Å². The molecule has 2 aromatic rings. The molecular weight excluding hydrogens is 218 g/mol. The zero-order valence-corrected chi connectivity index (χ0v) is 9.10. The van der Waals surface area contributed by atoms with E-state index in [0.717, 1.165) is 0 Å². The number of urea groups is 1. The monoisotopic (exact) mass is 231 g/mol. The average Bonchev–Trinajstić information content (AvgIpc) is 2.79. The van der Waals surface area contributed by atoms with E-state index in [-0.39, 0.29) is 6.03 Å². The van der Waals surface area contributed by atoms with Gasteiger partial charge in [0.2, 0.25) is 0 Å². The molecule has 1 heterocycles. The lowest BCUT2D eigenvalue weighted by atomic mass is 10.3. The van der Waals surface area contributed by atoms with Gasteiger partial charge in [0.25, 0.3) is 0 Å². The fourth-order valence-electron chi connectivity index (χ4n) is 1.35. The Hall–Kier alpha value is -2.50. The summed E-state index contributed by atoms with van der Waals surface area (Å²) in [6.07, 6.45) is 3.33. The number of nitrogens with two attached hydrogens (primary N) is 1. The number of aromatic nitrogens is 2. The van der Waals surface area contributed by atoms with Gasteiger partial charge < -0.3 is 21.4 Å². The van der Waals surface area contributed by atoms with Crippen LogP contribution in [0.3, 0.4) is 0 Å². The van der Waals surface area contributed by atoms with Crippen LogP contribution in [0.25, 0.3) is 0 Å². The summed E-state index contributed by atoms with van der Waals surface area (Å²) in [5.41, 5.74) is 6.86. The molecule has 0 aliphatic heterocycles. The lowest BCUT2D eigenvalue weighted by molar-refractivity contribution is 0.251. The van der Waals surface area contributed by atoms with E-state index >= 15 is 0 Å². The lowest BCUT2D eigenvalue weighted by Crippen LogP contribution is -2.28. The summed E-state index contributed by atoms with van der Waals surface area (Å²) >= 11 is 0. The second-order valence-corrected chi connectivity index (χ2v) is 3.47. The molecular formula is C11H13N5O. The van der Waals surface area contributed by atoms with Crippen LogP contribution < -0.4 is 16.4 Å². The van der Waals surface area contributed by atoms with Gasteiger partial charge in [0, 0.05) is 23.8 Å². The van der Waals surface area contributed by atoms with Gasteiger partial charge in [-0.2, -0.15) is 0 Å². The number of nitrogens with one attached hydrogen (secondary N) is 3. The number of hydrogen-bond acceptors (Lipinski definition) is 3. The Balaban J connectivity index is 1.85. The Kier molecular flexibility index (Phi) is 3.25. The van der Waals surface area contributed by atoms with Crippen molar-refractivity contribution < 1.29 is 4.79 Å². The van der Waals surface area contributed by atoms with Gasteiger partial charge in [-0.05, 0) is 18.2 Å². The van der Waals surface area contributed by atoms with E-state index in [4.69, 9.17) is 5.73 Å². The van der Waals surface area contributed by atoms with Crippen molar-refractivity contribution in [1.29, 1.82) is 0 Å². The third-order valence-corrected chi connectivity index (χ3v) is 2.12. The number of H-pyrrole nitrogens is 1. The Morgan fingerprint density at radius 1 is 1.47 bits per heavy atom. The van der Waals surface area contributed by atoms with E-state index in [1.54, 1.807) is 36.7 Å². The molecule has 0 fully saturated rings. The summed E-state index contributed by atoms with van der Waals surface area (Å²) < 4.78 is 0. The highest BCUT2D eigenvalue weighted by atomic mass is 16.2. The van der Waals surface area contributed by atoms with Gasteiger partial charge in [0.05, 0.1) is 6.54 Å². The van der Waals surface area contributed by atoms with Crippen LogP contribution in [0.4, 0.5) is 16.2 Å². The molecule has 1 aromatic heterocycles. The number of carbonyl (C=O) groups is 1. The molecule has 0 saturated carbocycles. The maximum atomic E-state index is 11.5. The van der Waals surface area contributed by atoms with E-state index in [1.807, 2.05) is 0 Å². The first kappa shape index (κ1) is 11.0. The molecule has 17 heavy (non-hydrogen) atoms. The van der Waals surface area contributed by atoms with E-state index in [9.17, 15) is 4.79 Å². The van der Waals surface area contributed by atoms with Crippen LogP contribution in [0, 0.1) is 0 Å². The molecule has 2 rings (SSSR count). The van der Waals surface area contributed by atoms with Crippen LogP contribution in [0.1, 0.15) is 5.82 Å². The van der Waals surface area contributed by atoms with Crippen molar-refractivity contribution in [2.24, 2.45) is 0 Å². The molecule has 6 nitrogen and oxygen atoms in total. The molecule has 0 aliphatic carbocycles. The highest BCUT2D eigenvalue weighted by Crippen LogP contribution is 2.11. The van der Waals surface area contributed by atoms with Gasteiger partial charge in [-0.25, -0.2) is 9.78 Å². The van der Waals surface area contributed by atoms with Crippen molar-refractivity contribution in [1.82, 2.24) is 15.3 Å². The molecule has 1 aromatic carbocycles. The van der Waals surface area contributed by atoms with E-state index in [2.05, 4.69) is 20.6 Å². The predicted molar refractivity (Wildman–Crippen MR) is 65.3 cm³/mol. The van der Waals surface area contributed by atoms with Crippen molar-refractivity contribution in [3.63, 3.8) is 0 Å². The minimum absolute atomic E-state index is 0.299. The van der Waals surface area contributed by atoms with Gasteiger partial charge in [-0.3, -0.25) is 0 Å². The van der Waals surface area contributed by atoms with Crippen LogP contribution in [0.2, 0.25) is 0 Å². The standard InChI is InChI=1S/C11H13N5O/c12-8-2-1-3-9(6-8)16-11(17)15-7-10-13-4-5-14-10/h1-6H,7,12H2,(H,13,14)(H2,15,16,17). The fraction of sp³-hybridized carbons (Fsp3) is 0.0909. The van der Waals surface area contributed by atoms with Gasteiger partial charge in [-0.15, -0.1) is 0 Å². The second-order valence-electron chi connectivity index (χ2n) is 3.47. The molecule has 0 atom stereocenters. The molecule has 0 saturated heterocycles.